The lowest BCUT2D eigenvalue weighted by Gasteiger charge is -2.36. The zero-order chi connectivity index (χ0) is 16.9. The summed E-state index contributed by atoms with van der Waals surface area (Å²) in [6.07, 6.45) is 4.58. The van der Waals surface area contributed by atoms with Crippen LogP contribution in [0.4, 0.5) is 0 Å². The summed E-state index contributed by atoms with van der Waals surface area (Å²) in [4.78, 5) is 6.75. The summed E-state index contributed by atoms with van der Waals surface area (Å²) in [6, 6.07) is 14.5. The van der Waals surface area contributed by atoms with Crippen LogP contribution in [-0.4, -0.2) is 56.3 Å². The van der Waals surface area contributed by atoms with Gasteiger partial charge in [0, 0.05) is 51.0 Å². The smallest absolute Gasteiger partial charge is 0.157 e. The molecule has 7 nitrogen and oxygen atoms in total. The average molecular weight is 372 g/mol. The summed E-state index contributed by atoms with van der Waals surface area (Å²) >= 11 is 0. The summed E-state index contributed by atoms with van der Waals surface area (Å²) in [5.74, 6) is 0.884. The molecule has 3 heterocycles. The molecule has 3 aromatic rings. The Labute approximate surface area is 158 Å². The number of hydrogen-bond donors (Lipinski definition) is 1. The van der Waals surface area contributed by atoms with Crippen molar-refractivity contribution >= 4 is 12.4 Å². The van der Waals surface area contributed by atoms with Crippen LogP contribution in [0.25, 0.3) is 5.69 Å². The fourth-order valence-corrected chi connectivity index (χ4v) is 3.29. The van der Waals surface area contributed by atoms with Gasteiger partial charge in [0.2, 0.25) is 0 Å². The Morgan fingerprint density at radius 1 is 1.12 bits per heavy atom. The maximum absolute atomic E-state index is 4.27. The highest BCUT2D eigenvalue weighted by Crippen LogP contribution is 2.21. The summed E-state index contributed by atoms with van der Waals surface area (Å²) < 4.78 is 1.82. The first-order valence-electron chi connectivity index (χ1n) is 8.59. The molecule has 1 saturated heterocycles. The summed E-state index contributed by atoms with van der Waals surface area (Å²) in [5, 5.41) is 15.7. The molecule has 0 bridgehead atoms. The number of halogens is 1. The van der Waals surface area contributed by atoms with Gasteiger partial charge in [-0.3, -0.25) is 9.88 Å². The molecule has 1 fully saturated rings. The molecule has 2 aromatic heterocycles. The average Bonchev–Trinajstić information content (AvgIpc) is 3.17. The van der Waals surface area contributed by atoms with Gasteiger partial charge in [-0.25, -0.2) is 0 Å². The molecular formula is C18H22ClN7. The molecule has 0 amide bonds. The lowest BCUT2D eigenvalue weighted by Crippen LogP contribution is -2.46. The molecule has 26 heavy (non-hydrogen) atoms. The van der Waals surface area contributed by atoms with E-state index in [0.717, 1.165) is 44.1 Å². The number of pyridine rings is 1. The Kier molecular flexibility index (Phi) is 6.27. The van der Waals surface area contributed by atoms with Gasteiger partial charge in [0.25, 0.3) is 0 Å². The van der Waals surface area contributed by atoms with Crippen molar-refractivity contribution in [1.82, 2.24) is 35.4 Å². The van der Waals surface area contributed by atoms with E-state index < -0.39 is 0 Å². The van der Waals surface area contributed by atoms with Crippen LogP contribution in [0.1, 0.15) is 17.4 Å². The highest BCUT2D eigenvalue weighted by molar-refractivity contribution is 5.85. The summed E-state index contributed by atoms with van der Waals surface area (Å²) in [6.45, 7) is 3.86. The van der Waals surface area contributed by atoms with Crippen molar-refractivity contribution in [2.45, 2.75) is 12.5 Å². The lowest BCUT2D eigenvalue weighted by atomic mass is 10.1. The topological polar surface area (TPSA) is 71.8 Å². The van der Waals surface area contributed by atoms with Gasteiger partial charge in [0.15, 0.2) is 5.82 Å². The number of aromatic nitrogens is 5. The van der Waals surface area contributed by atoms with Crippen LogP contribution in [0, 0.1) is 0 Å². The van der Waals surface area contributed by atoms with E-state index in [1.54, 1.807) is 0 Å². The molecule has 136 valence electrons. The Balaban J connectivity index is 0.00000196. The maximum atomic E-state index is 4.27. The van der Waals surface area contributed by atoms with Gasteiger partial charge in [-0.1, -0.05) is 24.3 Å². The minimum atomic E-state index is 0. The summed E-state index contributed by atoms with van der Waals surface area (Å²) in [7, 11) is 0. The summed E-state index contributed by atoms with van der Waals surface area (Å²) in [5.41, 5.74) is 2.24. The number of hydrogen-bond acceptors (Lipinski definition) is 6. The highest BCUT2D eigenvalue weighted by Gasteiger charge is 2.24. The van der Waals surface area contributed by atoms with Gasteiger partial charge in [0.1, 0.15) is 0 Å². The van der Waals surface area contributed by atoms with Gasteiger partial charge in [0.05, 0.1) is 5.69 Å². The van der Waals surface area contributed by atoms with E-state index in [1.165, 1.54) is 5.56 Å². The Morgan fingerprint density at radius 3 is 2.81 bits per heavy atom. The number of piperazine rings is 1. The van der Waals surface area contributed by atoms with Crippen LogP contribution in [0.3, 0.4) is 0 Å². The third-order valence-corrected chi connectivity index (χ3v) is 4.58. The standard InChI is InChI=1S/C18H21N7.ClH/c1-2-6-16(7-3-1)25-18(21-22-23-25)8-11-24-12-10-20-14-17(24)15-5-4-9-19-13-15;/h1-7,9,13,17,20H,8,10-12,14H2;1H. The van der Waals surface area contributed by atoms with Crippen LogP contribution in [-0.2, 0) is 6.42 Å². The third kappa shape index (κ3) is 4.07. The largest absolute Gasteiger partial charge is 0.314 e. The van der Waals surface area contributed by atoms with Gasteiger partial charge >= 0.3 is 0 Å². The first kappa shape index (κ1) is 18.4. The Morgan fingerprint density at radius 2 is 2.00 bits per heavy atom. The number of para-hydroxylation sites is 1. The van der Waals surface area contributed by atoms with Gasteiger partial charge in [-0.2, -0.15) is 4.68 Å². The number of nitrogens with zero attached hydrogens (tertiary/aromatic N) is 6. The van der Waals surface area contributed by atoms with E-state index >= 15 is 0 Å². The molecule has 1 aliphatic rings. The second-order valence-electron chi connectivity index (χ2n) is 6.13. The van der Waals surface area contributed by atoms with Crippen molar-refractivity contribution in [2.75, 3.05) is 26.2 Å². The van der Waals surface area contributed by atoms with Gasteiger partial charge < -0.3 is 5.32 Å². The molecule has 1 N–H and O–H groups in total. The van der Waals surface area contributed by atoms with Gasteiger partial charge in [-0.15, -0.1) is 17.5 Å². The molecule has 1 aromatic carbocycles. The molecule has 1 aliphatic heterocycles. The van der Waals surface area contributed by atoms with E-state index in [4.69, 9.17) is 0 Å². The molecule has 0 spiro atoms. The van der Waals surface area contributed by atoms with Crippen LogP contribution in [0.5, 0.6) is 0 Å². The second-order valence-corrected chi connectivity index (χ2v) is 6.13. The van der Waals surface area contributed by atoms with Crippen LogP contribution in [0.15, 0.2) is 54.9 Å². The van der Waals surface area contributed by atoms with E-state index in [-0.39, 0.29) is 12.4 Å². The minimum absolute atomic E-state index is 0. The first-order valence-corrected chi connectivity index (χ1v) is 8.59. The second kappa shape index (κ2) is 8.84. The van der Waals surface area contributed by atoms with Crippen molar-refractivity contribution in [1.29, 1.82) is 0 Å². The van der Waals surface area contributed by atoms with Crippen LogP contribution in [0.2, 0.25) is 0 Å². The molecule has 0 aliphatic carbocycles. The Bertz CT molecular complexity index is 794. The van der Waals surface area contributed by atoms with Crippen molar-refractivity contribution < 1.29 is 0 Å². The van der Waals surface area contributed by atoms with E-state index in [1.807, 2.05) is 53.5 Å². The molecule has 1 atom stereocenters. The number of nitrogens with one attached hydrogen (secondary N) is 1. The predicted molar refractivity (Wildman–Crippen MR) is 102 cm³/mol. The molecule has 0 saturated carbocycles. The quantitative estimate of drug-likeness (QED) is 0.735. The third-order valence-electron chi connectivity index (χ3n) is 4.58. The zero-order valence-corrected chi connectivity index (χ0v) is 15.2. The fourth-order valence-electron chi connectivity index (χ4n) is 3.29. The Hall–Kier alpha value is -2.35. The SMILES string of the molecule is Cl.c1ccc(-n2nnnc2CCN2CCNCC2c2cccnc2)cc1. The van der Waals surface area contributed by atoms with Crippen molar-refractivity contribution in [3.05, 3.63) is 66.2 Å². The van der Waals surface area contributed by atoms with E-state index in [2.05, 4.69) is 36.8 Å². The normalized spacial score (nSPS) is 17.6. The molecule has 4 rings (SSSR count). The van der Waals surface area contributed by atoms with E-state index in [9.17, 15) is 0 Å². The van der Waals surface area contributed by atoms with Crippen molar-refractivity contribution in [2.24, 2.45) is 0 Å². The maximum Gasteiger partial charge on any atom is 0.157 e. The monoisotopic (exact) mass is 371 g/mol. The molecule has 1 unspecified atom stereocenters. The number of benzene rings is 1. The number of tetrazole rings is 1. The predicted octanol–water partition coefficient (Wildman–Crippen LogP) is 1.67. The minimum Gasteiger partial charge on any atom is -0.314 e. The fraction of sp³-hybridized carbons (Fsp3) is 0.333. The molecule has 0 radical (unpaired) electrons. The van der Waals surface area contributed by atoms with Gasteiger partial charge in [-0.05, 0) is 34.2 Å². The zero-order valence-electron chi connectivity index (χ0n) is 14.4. The first-order chi connectivity index (χ1) is 12.4. The molecular weight excluding hydrogens is 350 g/mol. The van der Waals surface area contributed by atoms with Crippen molar-refractivity contribution in [3.63, 3.8) is 0 Å². The van der Waals surface area contributed by atoms with Crippen LogP contribution >= 0.6 is 12.4 Å². The van der Waals surface area contributed by atoms with Crippen LogP contribution < -0.4 is 5.32 Å². The highest BCUT2D eigenvalue weighted by atomic mass is 35.5. The van der Waals surface area contributed by atoms with E-state index in [0.29, 0.717) is 6.04 Å². The number of rotatable bonds is 5. The molecule has 8 heteroatoms. The lowest BCUT2D eigenvalue weighted by molar-refractivity contribution is 0.162. The van der Waals surface area contributed by atoms with Crippen molar-refractivity contribution in [3.8, 4) is 5.69 Å².